The number of carboxylic acid groups (broad SMARTS) is 1. The summed E-state index contributed by atoms with van der Waals surface area (Å²) in [6.07, 6.45) is 0. The summed E-state index contributed by atoms with van der Waals surface area (Å²) in [7, 11) is 0. The number of rotatable bonds is 6. The first-order valence-electron chi connectivity index (χ1n) is 6.31. The van der Waals surface area contributed by atoms with Gasteiger partial charge in [0.15, 0.2) is 0 Å². The van der Waals surface area contributed by atoms with Gasteiger partial charge in [-0.15, -0.1) is 0 Å². The van der Waals surface area contributed by atoms with E-state index in [-0.39, 0.29) is 11.3 Å². The Morgan fingerprint density at radius 1 is 1.18 bits per heavy atom. The average molecular weight is 309 g/mol. The maximum atomic E-state index is 11.9. The Kier molecular flexibility index (Phi) is 5.56. The maximum absolute atomic E-state index is 11.9. The number of non-ortho nitro benzene ring substituents is 1. The molecule has 0 heterocycles. The van der Waals surface area contributed by atoms with E-state index in [1.54, 1.807) is 0 Å². The molecule has 0 aromatic heterocycles. The Bertz CT molecular complexity index is 616. The summed E-state index contributed by atoms with van der Waals surface area (Å²) in [5.74, 6) is -2.55. The van der Waals surface area contributed by atoms with Crippen LogP contribution in [0.15, 0.2) is 24.3 Å². The van der Waals surface area contributed by atoms with Crippen molar-refractivity contribution in [2.45, 2.75) is 25.9 Å². The number of nitrogens with one attached hydrogen (secondary N) is 2. The fourth-order valence-electron chi connectivity index (χ4n) is 1.51. The predicted molar refractivity (Wildman–Crippen MR) is 75.3 cm³/mol. The summed E-state index contributed by atoms with van der Waals surface area (Å²) < 4.78 is 0. The summed E-state index contributed by atoms with van der Waals surface area (Å²) >= 11 is 0. The van der Waals surface area contributed by atoms with E-state index >= 15 is 0 Å². The van der Waals surface area contributed by atoms with Gasteiger partial charge in [-0.05, 0) is 19.9 Å². The number of hydrogen-bond acceptors (Lipinski definition) is 5. The van der Waals surface area contributed by atoms with Gasteiger partial charge in [-0.25, -0.2) is 0 Å². The second kappa shape index (κ2) is 7.16. The summed E-state index contributed by atoms with van der Waals surface area (Å²) in [6, 6.07) is 2.96. The molecule has 0 bridgehead atoms. The number of carbonyl (C=O) groups excluding carboxylic acids is 2. The van der Waals surface area contributed by atoms with Crippen molar-refractivity contribution in [3.05, 3.63) is 39.9 Å². The van der Waals surface area contributed by atoms with Gasteiger partial charge >= 0.3 is 5.97 Å². The largest absolute Gasteiger partial charge is 0.480 e. The van der Waals surface area contributed by atoms with Crippen LogP contribution >= 0.6 is 0 Å². The first-order chi connectivity index (χ1) is 10.2. The van der Waals surface area contributed by atoms with Crippen LogP contribution in [0.5, 0.6) is 0 Å². The first-order valence-corrected chi connectivity index (χ1v) is 6.31. The number of aliphatic carboxylic acids is 1. The van der Waals surface area contributed by atoms with E-state index in [0.29, 0.717) is 0 Å². The predicted octanol–water partition coefficient (Wildman–Crippen LogP) is 0.302. The van der Waals surface area contributed by atoms with Crippen molar-refractivity contribution >= 4 is 23.5 Å². The molecule has 3 N–H and O–H groups in total. The zero-order chi connectivity index (χ0) is 16.9. The van der Waals surface area contributed by atoms with Gasteiger partial charge in [-0.2, -0.15) is 0 Å². The number of nitrogens with zero attached hydrogens (tertiary/aromatic N) is 1. The molecular formula is C13H15N3O6. The highest BCUT2D eigenvalue weighted by Crippen LogP contribution is 2.13. The van der Waals surface area contributed by atoms with Crippen LogP contribution in [0, 0.1) is 10.1 Å². The van der Waals surface area contributed by atoms with Crippen molar-refractivity contribution in [2.24, 2.45) is 0 Å². The minimum atomic E-state index is -1.20. The van der Waals surface area contributed by atoms with Crippen LogP contribution in [0.1, 0.15) is 24.2 Å². The number of nitro groups is 1. The molecule has 1 aromatic carbocycles. The van der Waals surface area contributed by atoms with Crippen molar-refractivity contribution in [2.75, 3.05) is 0 Å². The molecule has 118 valence electrons. The normalized spacial score (nSPS) is 12.8. The topological polar surface area (TPSA) is 139 Å². The molecule has 9 heteroatoms. The lowest BCUT2D eigenvalue weighted by atomic mass is 10.1. The van der Waals surface area contributed by atoms with Crippen LogP contribution in [0.4, 0.5) is 5.69 Å². The summed E-state index contributed by atoms with van der Waals surface area (Å²) in [5, 5.41) is 23.9. The van der Waals surface area contributed by atoms with Crippen molar-refractivity contribution in [3.63, 3.8) is 0 Å². The van der Waals surface area contributed by atoms with E-state index in [4.69, 9.17) is 5.11 Å². The van der Waals surface area contributed by atoms with Gasteiger partial charge in [-0.3, -0.25) is 24.5 Å². The second-order valence-electron chi connectivity index (χ2n) is 4.57. The monoisotopic (exact) mass is 309 g/mol. The third-order valence-corrected chi connectivity index (χ3v) is 2.79. The Morgan fingerprint density at radius 2 is 1.82 bits per heavy atom. The Hall–Kier alpha value is -2.97. The molecule has 0 aliphatic rings. The lowest BCUT2D eigenvalue weighted by Gasteiger charge is -2.16. The Balaban J connectivity index is 2.71. The minimum Gasteiger partial charge on any atom is -0.480 e. The third kappa shape index (κ3) is 4.54. The molecule has 22 heavy (non-hydrogen) atoms. The van der Waals surface area contributed by atoms with Gasteiger partial charge in [-0.1, -0.05) is 6.07 Å². The van der Waals surface area contributed by atoms with Gasteiger partial charge in [0.05, 0.1) is 4.92 Å². The zero-order valence-electron chi connectivity index (χ0n) is 11.9. The highest BCUT2D eigenvalue weighted by atomic mass is 16.6. The van der Waals surface area contributed by atoms with Crippen molar-refractivity contribution in [1.82, 2.24) is 10.6 Å². The van der Waals surface area contributed by atoms with E-state index in [2.05, 4.69) is 10.6 Å². The number of carbonyl (C=O) groups is 3. The highest BCUT2D eigenvalue weighted by molar-refractivity contribution is 5.98. The number of carboxylic acids is 1. The zero-order valence-corrected chi connectivity index (χ0v) is 11.9. The molecule has 1 aromatic rings. The van der Waals surface area contributed by atoms with Crippen LogP contribution in [0.3, 0.4) is 0 Å². The lowest BCUT2D eigenvalue weighted by molar-refractivity contribution is -0.384. The summed E-state index contributed by atoms with van der Waals surface area (Å²) in [5.41, 5.74) is -0.218. The molecule has 9 nitrogen and oxygen atoms in total. The molecule has 0 spiro atoms. The standard InChI is InChI=1S/C13H15N3O6/c1-7(11(17)15-8(2)13(19)20)14-12(18)9-4-3-5-10(6-9)16(21)22/h3-8H,1-2H3,(H,14,18)(H,15,17)(H,19,20). The number of nitro benzene ring substituents is 1. The molecule has 0 aliphatic heterocycles. The number of hydrogen-bond donors (Lipinski definition) is 3. The first kappa shape index (κ1) is 17.1. The Morgan fingerprint density at radius 3 is 2.36 bits per heavy atom. The van der Waals surface area contributed by atoms with Crippen LogP contribution in [-0.2, 0) is 9.59 Å². The maximum Gasteiger partial charge on any atom is 0.325 e. The molecule has 0 saturated carbocycles. The third-order valence-electron chi connectivity index (χ3n) is 2.79. The Labute approximate surface area is 125 Å². The van der Waals surface area contributed by atoms with E-state index < -0.39 is 34.8 Å². The molecular weight excluding hydrogens is 294 g/mol. The van der Waals surface area contributed by atoms with Crippen LogP contribution in [0.25, 0.3) is 0 Å². The van der Waals surface area contributed by atoms with Crippen LogP contribution in [-0.4, -0.2) is 39.9 Å². The molecule has 0 aliphatic carbocycles. The van der Waals surface area contributed by atoms with Gasteiger partial charge in [0.25, 0.3) is 11.6 Å². The van der Waals surface area contributed by atoms with E-state index in [9.17, 15) is 24.5 Å². The molecule has 2 atom stereocenters. The minimum absolute atomic E-state index is 0.0279. The van der Waals surface area contributed by atoms with E-state index in [1.165, 1.54) is 32.0 Å². The van der Waals surface area contributed by atoms with Gasteiger partial charge in [0.1, 0.15) is 12.1 Å². The highest BCUT2D eigenvalue weighted by Gasteiger charge is 2.21. The van der Waals surface area contributed by atoms with Crippen molar-refractivity contribution in [1.29, 1.82) is 0 Å². The molecule has 0 fully saturated rings. The fourth-order valence-corrected chi connectivity index (χ4v) is 1.51. The van der Waals surface area contributed by atoms with Gasteiger partial charge < -0.3 is 15.7 Å². The smallest absolute Gasteiger partial charge is 0.325 e. The van der Waals surface area contributed by atoms with Gasteiger partial charge in [0.2, 0.25) is 5.91 Å². The van der Waals surface area contributed by atoms with Crippen molar-refractivity contribution in [3.8, 4) is 0 Å². The quantitative estimate of drug-likeness (QED) is 0.510. The fraction of sp³-hybridized carbons (Fsp3) is 0.308. The lowest BCUT2D eigenvalue weighted by Crippen LogP contribution is -2.49. The number of amides is 2. The average Bonchev–Trinajstić information content (AvgIpc) is 2.46. The molecule has 2 unspecified atom stereocenters. The molecule has 0 saturated heterocycles. The summed E-state index contributed by atoms with van der Waals surface area (Å²) in [4.78, 5) is 44.3. The second-order valence-corrected chi connectivity index (χ2v) is 4.57. The van der Waals surface area contributed by atoms with E-state index in [1.807, 2.05) is 0 Å². The van der Waals surface area contributed by atoms with Gasteiger partial charge in [0, 0.05) is 17.7 Å². The number of benzene rings is 1. The summed E-state index contributed by atoms with van der Waals surface area (Å²) in [6.45, 7) is 2.66. The molecule has 0 radical (unpaired) electrons. The molecule has 2 amide bonds. The SMILES string of the molecule is CC(NC(=O)C(C)NC(=O)c1cccc([N+](=O)[O-])c1)C(=O)O. The van der Waals surface area contributed by atoms with Crippen LogP contribution in [0.2, 0.25) is 0 Å². The van der Waals surface area contributed by atoms with Crippen molar-refractivity contribution < 1.29 is 24.4 Å². The molecule has 1 rings (SSSR count). The van der Waals surface area contributed by atoms with Crippen LogP contribution < -0.4 is 10.6 Å². The van der Waals surface area contributed by atoms with E-state index in [0.717, 1.165) is 6.07 Å².